The van der Waals surface area contributed by atoms with Crippen molar-refractivity contribution in [2.75, 3.05) is 13.1 Å². The summed E-state index contributed by atoms with van der Waals surface area (Å²) in [6, 6.07) is 19.3. The molecular weight excluding hydrogens is 282 g/mol. The topological polar surface area (TPSA) is 21.1 Å². The first-order valence-electron chi connectivity index (χ1n) is 8.60. The smallest absolute Gasteiger partial charge is 0.124 e. The number of hydrogen-bond donors (Lipinski definition) is 0. The molecule has 1 aliphatic rings. The van der Waals surface area contributed by atoms with Crippen LogP contribution in [0.4, 0.5) is 0 Å². The summed E-state index contributed by atoms with van der Waals surface area (Å²) in [4.78, 5) is 7.35. The van der Waals surface area contributed by atoms with Crippen LogP contribution in [0.15, 0.2) is 54.6 Å². The molecule has 1 aliphatic heterocycles. The van der Waals surface area contributed by atoms with Crippen LogP contribution in [0.3, 0.4) is 0 Å². The number of unbranched alkanes of at least 4 members (excludes halogenated alkanes) is 1. The van der Waals surface area contributed by atoms with Gasteiger partial charge in [0.2, 0.25) is 0 Å². The molecule has 2 aromatic carbocycles. The fourth-order valence-corrected chi connectivity index (χ4v) is 3.52. The largest absolute Gasteiger partial charge is 0.326 e. The van der Waals surface area contributed by atoms with Crippen LogP contribution in [0.5, 0.6) is 0 Å². The van der Waals surface area contributed by atoms with E-state index in [0.29, 0.717) is 0 Å². The Kier molecular flexibility index (Phi) is 4.12. The van der Waals surface area contributed by atoms with Gasteiger partial charge in [-0.3, -0.25) is 4.90 Å². The van der Waals surface area contributed by atoms with E-state index in [4.69, 9.17) is 4.98 Å². The van der Waals surface area contributed by atoms with Gasteiger partial charge in [-0.1, -0.05) is 42.5 Å². The second-order valence-electron chi connectivity index (χ2n) is 6.39. The lowest BCUT2D eigenvalue weighted by atomic mass is 10.1. The Morgan fingerprint density at radius 3 is 2.61 bits per heavy atom. The Morgan fingerprint density at radius 2 is 1.70 bits per heavy atom. The average Bonchev–Trinajstić information content (AvgIpc) is 2.97. The molecule has 0 saturated heterocycles. The van der Waals surface area contributed by atoms with E-state index < -0.39 is 0 Å². The van der Waals surface area contributed by atoms with Crippen molar-refractivity contribution in [1.82, 2.24) is 14.5 Å². The monoisotopic (exact) mass is 305 g/mol. The fourth-order valence-electron chi connectivity index (χ4n) is 3.52. The molecule has 0 unspecified atom stereocenters. The lowest BCUT2D eigenvalue weighted by molar-refractivity contribution is 0.215. The second-order valence-corrected chi connectivity index (χ2v) is 6.39. The van der Waals surface area contributed by atoms with Gasteiger partial charge in [-0.2, -0.15) is 0 Å². The number of benzene rings is 2. The second kappa shape index (κ2) is 6.55. The van der Waals surface area contributed by atoms with Crippen molar-refractivity contribution < 1.29 is 0 Å². The number of aryl methyl sites for hydroxylation is 1. The molecule has 0 radical (unpaired) electrons. The van der Waals surface area contributed by atoms with Crippen molar-refractivity contribution in [2.45, 2.75) is 32.4 Å². The van der Waals surface area contributed by atoms with Crippen molar-refractivity contribution in [3.05, 3.63) is 66.0 Å². The molecule has 0 fully saturated rings. The van der Waals surface area contributed by atoms with E-state index in [1.807, 2.05) is 0 Å². The quantitative estimate of drug-likeness (QED) is 0.667. The maximum atomic E-state index is 4.80. The molecule has 3 heteroatoms. The minimum absolute atomic E-state index is 0.986. The third-order valence-electron chi connectivity index (χ3n) is 4.77. The number of para-hydroxylation sites is 2. The highest BCUT2D eigenvalue weighted by Gasteiger charge is 2.19. The number of rotatable bonds is 5. The van der Waals surface area contributed by atoms with Gasteiger partial charge in [-0.25, -0.2) is 4.98 Å². The van der Waals surface area contributed by atoms with Crippen LogP contribution in [0, 0.1) is 0 Å². The first-order chi connectivity index (χ1) is 11.4. The SMILES string of the molecule is c1ccc(CCCCN2CCn3c(nc4ccccc43)C2)cc1. The molecule has 3 aromatic rings. The van der Waals surface area contributed by atoms with Crippen molar-refractivity contribution in [3.63, 3.8) is 0 Å². The number of fused-ring (bicyclic) bond motifs is 3. The maximum absolute atomic E-state index is 4.80. The van der Waals surface area contributed by atoms with E-state index in [2.05, 4.69) is 64.1 Å². The molecule has 2 heterocycles. The summed E-state index contributed by atoms with van der Waals surface area (Å²) in [5.74, 6) is 1.22. The van der Waals surface area contributed by atoms with Crippen molar-refractivity contribution in [2.24, 2.45) is 0 Å². The molecule has 3 nitrogen and oxygen atoms in total. The summed E-state index contributed by atoms with van der Waals surface area (Å²) in [5.41, 5.74) is 3.87. The first-order valence-corrected chi connectivity index (χ1v) is 8.60. The predicted octanol–water partition coefficient (Wildman–Crippen LogP) is 3.87. The zero-order chi connectivity index (χ0) is 15.5. The van der Waals surface area contributed by atoms with Gasteiger partial charge in [0.25, 0.3) is 0 Å². The fraction of sp³-hybridized carbons (Fsp3) is 0.350. The molecule has 0 amide bonds. The third-order valence-corrected chi connectivity index (χ3v) is 4.77. The molecule has 0 atom stereocenters. The molecule has 0 aliphatic carbocycles. The van der Waals surface area contributed by atoms with E-state index in [-0.39, 0.29) is 0 Å². The lowest BCUT2D eigenvalue weighted by Gasteiger charge is -2.27. The van der Waals surface area contributed by atoms with E-state index in [0.717, 1.165) is 25.2 Å². The summed E-state index contributed by atoms with van der Waals surface area (Å²) in [6.07, 6.45) is 3.71. The van der Waals surface area contributed by atoms with Crippen LogP contribution < -0.4 is 0 Å². The average molecular weight is 305 g/mol. The summed E-state index contributed by atoms with van der Waals surface area (Å²) < 4.78 is 2.38. The van der Waals surface area contributed by atoms with E-state index in [9.17, 15) is 0 Å². The molecule has 0 saturated carbocycles. The molecular formula is C20H23N3. The summed E-state index contributed by atoms with van der Waals surface area (Å²) in [6.45, 7) is 4.36. The molecule has 23 heavy (non-hydrogen) atoms. The van der Waals surface area contributed by atoms with Crippen molar-refractivity contribution in [3.8, 4) is 0 Å². The highest BCUT2D eigenvalue weighted by molar-refractivity contribution is 5.75. The first kappa shape index (κ1) is 14.5. The molecule has 0 bridgehead atoms. The Hall–Kier alpha value is -2.13. The van der Waals surface area contributed by atoms with Gasteiger partial charge in [-0.05, 0) is 43.5 Å². The van der Waals surface area contributed by atoms with Crippen LogP contribution in [0.1, 0.15) is 24.2 Å². The molecule has 4 rings (SSSR count). The molecule has 0 spiro atoms. The summed E-state index contributed by atoms with van der Waals surface area (Å²) >= 11 is 0. The standard InChI is InChI=1S/C20H23N3/c1-2-8-17(9-3-1)10-6-7-13-22-14-15-23-19-12-5-4-11-18(19)21-20(23)16-22/h1-5,8-9,11-12H,6-7,10,13-16H2. The Morgan fingerprint density at radius 1 is 0.870 bits per heavy atom. The molecule has 1 aromatic heterocycles. The minimum Gasteiger partial charge on any atom is -0.326 e. The van der Waals surface area contributed by atoms with Crippen LogP contribution in [0.25, 0.3) is 11.0 Å². The highest BCUT2D eigenvalue weighted by Crippen LogP contribution is 2.20. The Balaban J connectivity index is 1.32. The molecule has 118 valence electrons. The third kappa shape index (κ3) is 3.15. The highest BCUT2D eigenvalue weighted by atomic mass is 15.2. The van der Waals surface area contributed by atoms with Crippen LogP contribution in [-0.4, -0.2) is 27.5 Å². The normalized spacial score (nSPS) is 15.0. The van der Waals surface area contributed by atoms with Gasteiger partial charge in [0, 0.05) is 13.1 Å². The summed E-state index contributed by atoms with van der Waals surface area (Å²) in [5, 5.41) is 0. The van der Waals surface area contributed by atoms with Gasteiger partial charge < -0.3 is 4.57 Å². The maximum Gasteiger partial charge on any atom is 0.124 e. The van der Waals surface area contributed by atoms with Gasteiger partial charge in [0.05, 0.1) is 17.6 Å². The zero-order valence-corrected chi connectivity index (χ0v) is 13.5. The van der Waals surface area contributed by atoms with E-state index >= 15 is 0 Å². The summed E-state index contributed by atoms with van der Waals surface area (Å²) in [7, 11) is 0. The van der Waals surface area contributed by atoms with Gasteiger partial charge in [0.1, 0.15) is 5.82 Å². The van der Waals surface area contributed by atoms with Gasteiger partial charge in [-0.15, -0.1) is 0 Å². The number of hydrogen-bond acceptors (Lipinski definition) is 2. The Labute approximate surface area is 137 Å². The lowest BCUT2D eigenvalue weighted by Crippen LogP contribution is -2.34. The van der Waals surface area contributed by atoms with Crippen LogP contribution in [-0.2, 0) is 19.5 Å². The van der Waals surface area contributed by atoms with Crippen LogP contribution >= 0.6 is 0 Å². The Bertz CT molecular complexity index is 776. The number of nitrogens with zero attached hydrogens (tertiary/aromatic N) is 3. The van der Waals surface area contributed by atoms with Gasteiger partial charge >= 0.3 is 0 Å². The van der Waals surface area contributed by atoms with Crippen molar-refractivity contribution >= 4 is 11.0 Å². The van der Waals surface area contributed by atoms with Crippen molar-refractivity contribution in [1.29, 1.82) is 0 Å². The minimum atomic E-state index is 0.986. The predicted molar refractivity (Wildman–Crippen MR) is 94.4 cm³/mol. The van der Waals surface area contributed by atoms with Gasteiger partial charge in [0.15, 0.2) is 0 Å². The van der Waals surface area contributed by atoms with E-state index in [1.54, 1.807) is 0 Å². The molecule has 0 N–H and O–H groups in total. The zero-order valence-electron chi connectivity index (χ0n) is 13.5. The van der Waals surface area contributed by atoms with E-state index in [1.165, 1.54) is 42.7 Å². The number of imidazole rings is 1. The number of aromatic nitrogens is 2. The van der Waals surface area contributed by atoms with Crippen LogP contribution in [0.2, 0.25) is 0 Å².